The van der Waals surface area contributed by atoms with Crippen LogP contribution in [-0.2, 0) is 0 Å². The minimum absolute atomic E-state index is 0.0465. The van der Waals surface area contributed by atoms with Crippen LogP contribution in [0.5, 0.6) is 0 Å². The summed E-state index contributed by atoms with van der Waals surface area (Å²) in [6.07, 6.45) is 0. The smallest absolute Gasteiger partial charge is 0.337 e. The summed E-state index contributed by atoms with van der Waals surface area (Å²) in [5, 5.41) is 14.6. The summed E-state index contributed by atoms with van der Waals surface area (Å²) in [6.45, 7) is 0. The number of anilines is 2. The fourth-order valence-electron chi connectivity index (χ4n) is 1.69. The fourth-order valence-corrected chi connectivity index (χ4v) is 2.54. The minimum Gasteiger partial charge on any atom is -0.478 e. The van der Waals surface area contributed by atoms with Gasteiger partial charge in [-0.3, -0.25) is 0 Å². The van der Waals surface area contributed by atoms with E-state index < -0.39 is 12.0 Å². The lowest BCUT2D eigenvalue weighted by molar-refractivity contribution is 0.0698. The number of hydrogen-bond donors (Lipinski definition) is 3. The first kappa shape index (κ1) is 16.6. The van der Waals surface area contributed by atoms with E-state index in [2.05, 4.69) is 26.6 Å². The summed E-state index contributed by atoms with van der Waals surface area (Å²) < 4.78 is 0.588. The number of nitrogens with one attached hydrogen (secondary N) is 2. The average molecular weight is 404 g/mol. The molecule has 0 bridgehead atoms. The van der Waals surface area contributed by atoms with Gasteiger partial charge in [0.2, 0.25) is 0 Å². The molecule has 3 N–H and O–H groups in total. The molecule has 0 saturated carbocycles. The quantitative estimate of drug-likeness (QED) is 0.667. The van der Waals surface area contributed by atoms with Crippen molar-refractivity contribution in [1.82, 2.24) is 0 Å². The maximum Gasteiger partial charge on any atom is 0.337 e. The van der Waals surface area contributed by atoms with Gasteiger partial charge in [0.1, 0.15) is 0 Å². The summed E-state index contributed by atoms with van der Waals surface area (Å²) in [7, 11) is 0. The summed E-state index contributed by atoms with van der Waals surface area (Å²) in [6, 6.07) is 8.62. The summed E-state index contributed by atoms with van der Waals surface area (Å²) in [5.41, 5.74) is 0.350. The highest BCUT2D eigenvalue weighted by Crippen LogP contribution is 2.30. The van der Waals surface area contributed by atoms with Gasteiger partial charge in [0.05, 0.1) is 27.0 Å². The second kappa shape index (κ2) is 7.00. The summed E-state index contributed by atoms with van der Waals surface area (Å²) in [5.74, 6) is -1.16. The second-order valence-corrected chi connectivity index (χ2v) is 5.90. The molecule has 0 atom stereocenters. The number of aromatic carboxylic acids is 1. The highest BCUT2D eigenvalue weighted by Gasteiger charge is 2.14. The van der Waals surface area contributed by atoms with Crippen molar-refractivity contribution in [2.45, 2.75) is 0 Å². The first-order chi connectivity index (χ1) is 10.4. The summed E-state index contributed by atoms with van der Waals surface area (Å²) in [4.78, 5) is 23.2. The molecule has 0 radical (unpaired) electrons. The monoisotopic (exact) mass is 402 g/mol. The van der Waals surface area contributed by atoms with Gasteiger partial charge in [-0.25, -0.2) is 9.59 Å². The molecule has 5 nitrogen and oxygen atoms in total. The normalized spacial score (nSPS) is 10.1. The van der Waals surface area contributed by atoms with Crippen LogP contribution in [0.1, 0.15) is 10.4 Å². The molecule has 8 heteroatoms. The van der Waals surface area contributed by atoms with Crippen molar-refractivity contribution in [1.29, 1.82) is 0 Å². The van der Waals surface area contributed by atoms with Gasteiger partial charge in [0, 0.05) is 4.47 Å². The molecule has 114 valence electrons. The number of carbonyl (C=O) groups is 2. The number of benzene rings is 2. The maximum atomic E-state index is 12.0. The molecule has 0 heterocycles. The van der Waals surface area contributed by atoms with E-state index in [9.17, 15) is 9.59 Å². The van der Waals surface area contributed by atoms with Gasteiger partial charge in [-0.1, -0.05) is 45.2 Å². The molecule has 0 saturated heterocycles. The Labute approximate surface area is 144 Å². The van der Waals surface area contributed by atoms with Gasteiger partial charge >= 0.3 is 12.0 Å². The zero-order chi connectivity index (χ0) is 16.3. The van der Waals surface area contributed by atoms with E-state index in [1.54, 1.807) is 24.3 Å². The molecule has 0 aliphatic carbocycles. The van der Waals surface area contributed by atoms with Gasteiger partial charge in [0.15, 0.2) is 0 Å². The van der Waals surface area contributed by atoms with Crippen LogP contribution in [0, 0.1) is 0 Å². The summed E-state index contributed by atoms with van der Waals surface area (Å²) >= 11 is 15.1. The SMILES string of the molecule is O=C(Nc1ccc(Br)cc1C(=O)O)Nc1c(Cl)cccc1Cl. The molecular weight excluding hydrogens is 395 g/mol. The van der Waals surface area contributed by atoms with Crippen LogP contribution in [0.3, 0.4) is 0 Å². The van der Waals surface area contributed by atoms with E-state index >= 15 is 0 Å². The van der Waals surface area contributed by atoms with Crippen LogP contribution in [0.15, 0.2) is 40.9 Å². The van der Waals surface area contributed by atoms with Gasteiger partial charge in [-0.15, -0.1) is 0 Å². The third kappa shape index (κ3) is 3.91. The Balaban J connectivity index is 2.21. The highest BCUT2D eigenvalue weighted by molar-refractivity contribution is 9.10. The van der Waals surface area contributed by atoms with Crippen molar-refractivity contribution in [3.05, 3.63) is 56.5 Å². The Morgan fingerprint density at radius 2 is 1.68 bits per heavy atom. The van der Waals surface area contributed by atoms with Crippen molar-refractivity contribution in [2.75, 3.05) is 10.6 Å². The molecule has 0 spiro atoms. The van der Waals surface area contributed by atoms with Gasteiger partial charge in [-0.05, 0) is 30.3 Å². The molecule has 0 aliphatic heterocycles. The molecule has 22 heavy (non-hydrogen) atoms. The Bertz CT molecular complexity index is 733. The standard InChI is InChI=1S/C14H9BrCl2N2O3/c15-7-4-5-11(8(6-7)13(20)21)18-14(22)19-12-9(16)2-1-3-10(12)17/h1-6H,(H,20,21)(H2,18,19,22). The first-order valence-electron chi connectivity index (χ1n) is 5.93. The number of rotatable bonds is 3. The lowest BCUT2D eigenvalue weighted by Crippen LogP contribution is -2.21. The Morgan fingerprint density at radius 3 is 2.27 bits per heavy atom. The van der Waals surface area contributed by atoms with Crippen molar-refractivity contribution in [3.8, 4) is 0 Å². The topological polar surface area (TPSA) is 78.4 Å². The third-order valence-electron chi connectivity index (χ3n) is 2.66. The number of carboxylic acid groups (broad SMARTS) is 1. The molecule has 0 unspecified atom stereocenters. The Hall–Kier alpha value is -1.76. The maximum absolute atomic E-state index is 12.0. The number of carbonyl (C=O) groups excluding carboxylic acids is 1. The van der Waals surface area contributed by atoms with Crippen LogP contribution >= 0.6 is 39.1 Å². The molecular formula is C14H9BrCl2N2O3. The lowest BCUT2D eigenvalue weighted by Gasteiger charge is -2.12. The average Bonchev–Trinajstić information content (AvgIpc) is 2.45. The minimum atomic E-state index is -1.16. The van der Waals surface area contributed by atoms with E-state index in [0.717, 1.165) is 0 Å². The zero-order valence-electron chi connectivity index (χ0n) is 10.9. The van der Waals surface area contributed by atoms with Crippen LogP contribution < -0.4 is 10.6 Å². The Morgan fingerprint density at radius 1 is 1.05 bits per heavy atom. The van der Waals surface area contributed by atoms with Crippen LogP contribution in [0.25, 0.3) is 0 Å². The molecule has 0 fully saturated rings. The van der Waals surface area contributed by atoms with Crippen LogP contribution in [0.2, 0.25) is 10.0 Å². The molecule has 2 aromatic rings. The van der Waals surface area contributed by atoms with E-state index in [4.69, 9.17) is 28.3 Å². The van der Waals surface area contributed by atoms with E-state index in [-0.39, 0.29) is 27.0 Å². The largest absolute Gasteiger partial charge is 0.478 e. The number of hydrogen-bond acceptors (Lipinski definition) is 2. The number of carboxylic acids is 1. The van der Waals surface area contributed by atoms with Crippen molar-refractivity contribution in [3.63, 3.8) is 0 Å². The van der Waals surface area contributed by atoms with Gasteiger partial charge in [0.25, 0.3) is 0 Å². The van der Waals surface area contributed by atoms with E-state index in [1.165, 1.54) is 12.1 Å². The fraction of sp³-hybridized carbons (Fsp3) is 0. The van der Waals surface area contributed by atoms with Crippen LogP contribution in [-0.4, -0.2) is 17.1 Å². The zero-order valence-corrected chi connectivity index (χ0v) is 14.0. The van der Waals surface area contributed by atoms with E-state index in [1.807, 2.05) is 0 Å². The number of para-hydroxylation sites is 1. The predicted molar refractivity (Wildman–Crippen MR) is 90.2 cm³/mol. The molecule has 0 aromatic heterocycles. The van der Waals surface area contributed by atoms with Gasteiger partial charge < -0.3 is 15.7 Å². The molecule has 2 amide bonds. The van der Waals surface area contributed by atoms with E-state index in [0.29, 0.717) is 4.47 Å². The van der Waals surface area contributed by atoms with Crippen molar-refractivity contribution >= 4 is 62.5 Å². The third-order valence-corrected chi connectivity index (χ3v) is 3.78. The van der Waals surface area contributed by atoms with Crippen molar-refractivity contribution in [2.24, 2.45) is 0 Å². The Kier molecular flexibility index (Phi) is 5.28. The second-order valence-electron chi connectivity index (χ2n) is 4.17. The number of halogens is 3. The predicted octanol–water partition coefficient (Wildman–Crippen LogP) is 5.10. The van der Waals surface area contributed by atoms with Crippen LogP contribution in [0.4, 0.5) is 16.2 Å². The molecule has 2 aromatic carbocycles. The molecule has 0 aliphatic rings. The highest BCUT2D eigenvalue weighted by atomic mass is 79.9. The number of amides is 2. The van der Waals surface area contributed by atoms with Gasteiger partial charge in [-0.2, -0.15) is 0 Å². The number of urea groups is 1. The first-order valence-corrected chi connectivity index (χ1v) is 7.48. The lowest BCUT2D eigenvalue weighted by atomic mass is 10.2. The van der Waals surface area contributed by atoms with Crippen molar-refractivity contribution < 1.29 is 14.7 Å². The molecule has 2 rings (SSSR count).